The fourth-order valence-electron chi connectivity index (χ4n) is 2.16. The van der Waals surface area contributed by atoms with Crippen molar-refractivity contribution in [1.82, 2.24) is 5.32 Å². The second kappa shape index (κ2) is 7.77. The number of hydrogen-bond acceptors (Lipinski definition) is 4. The SMILES string of the molecule is CC(=O)Nc1ccc(N[C@H](C(=O)NC(N)=O)c2ccccc2)cc1. The van der Waals surface area contributed by atoms with Gasteiger partial charge in [-0.1, -0.05) is 30.3 Å². The van der Waals surface area contributed by atoms with Crippen LogP contribution in [0.1, 0.15) is 18.5 Å². The van der Waals surface area contributed by atoms with Crippen LogP contribution >= 0.6 is 0 Å². The van der Waals surface area contributed by atoms with E-state index in [0.717, 1.165) is 0 Å². The maximum atomic E-state index is 12.2. The summed E-state index contributed by atoms with van der Waals surface area (Å²) < 4.78 is 0. The van der Waals surface area contributed by atoms with Crippen molar-refractivity contribution in [2.75, 3.05) is 10.6 Å². The summed E-state index contributed by atoms with van der Waals surface area (Å²) in [5.41, 5.74) is 7.01. The van der Waals surface area contributed by atoms with Crippen LogP contribution in [0.3, 0.4) is 0 Å². The van der Waals surface area contributed by atoms with Crippen molar-refractivity contribution in [2.24, 2.45) is 5.73 Å². The predicted octanol–water partition coefficient (Wildman–Crippen LogP) is 1.99. The Morgan fingerprint density at radius 2 is 1.50 bits per heavy atom. The summed E-state index contributed by atoms with van der Waals surface area (Å²) in [7, 11) is 0. The molecule has 0 aliphatic carbocycles. The van der Waals surface area contributed by atoms with E-state index < -0.39 is 18.0 Å². The number of hydrogen-bond donors (Lipinski definition) is 4. The lowest BCUT2D eigenvalue weighted by molar-refractivity contribution is -0.120. The summed E-state index contributed by atoms with van der Waals surface area (Å²) >= 11 is 0. The predicted molar refractivity (Wildman–Crippen MR) is 91.3 cm³/mol. The molecular formula is C17H18N4O3. The van der Waals surface area contributed by atoms with Crippen LogP contribution in [0.5, 0.6) is 0 Å². The van der Waals surface area contributed by atoms with E-state index in [1.54, 1.807) is 48.5 Å². The lowest BCUT2D eigenvalue weighted by Crippen LogP contribution is -2.40. The molecule has 2 aromatic carbocycles. The Kier molecular flexibility index (Phi) is 5.51. The van der Waals surface area contributed by atoms with Crippen molar-refractivity contribution in [3.8, 4) is 0 Å². The fraction of sp³-hybridized carbons (Fsp3) is 0.118. The highest BCUT2D eigenvalue weighted by molar-refractivity contribution is 5.98. The third-order valence-electron chi connectivity index (χ3n) is 3.16. The van der Waals surface area contributed by atoms with Crippen LogP contribution in [0.2, 0.25) is 0 Å². The van der Waals surface area contributed by atoms with E-state index in [9.17, 15) is 14.4 Å². The van der Waals surface area contributed by atoms with Gasteiger partial charge in [-0.25, -0.2) is 4.79 Å². The molecule has 5 N–H and O–H groups in total. The third-order valence-corrected chi connectivity index (χ3v) is 3.16. The molecular weight excluding hydrogens is 308 g/mol. The zero-order valence-electron chi connectivity index (χ0n) is 13.1. The van der Waals surface area contributed by atoms with E-state index in [0.29, 0.717) is 16.9 Å². The molecule has 0 unspecified atom stereocenters. The van der Waals surface area contributed by atoms with Gasteiger partial charge in [-0.15, -0.1) is 0 Å². The molecule has 0 aliphatic rings. The maximum Gasteiger partial charge on any atom is 0.318 e. The molecule has 0 aliphatic heterocycles. The smallest absolute Gasteiger partial charge is 0.318 e. The first-order valence-corrected chi connectivity index (χ1v) is 7.25. The quantitative estimate of drug-likeness (QED) is 0.673. The van der Waals surface area contributed by atoms with E-state index in [1.807, 2.05) is 6.07 Å². The third kappa shape index (κ3) is 4.84. The van der Waals surface area contributed by atoms with Gasteiger partial charge in [0.15, 0.2) is 0 Å². The van der Waals surface area contributed by atoms with E-state index in [-0.39, 0.29) is 5.91 Å². The van der Waals surface area contributed by atoms with Crippen LogP contribution in [0.25, 0.3) is 0 Å². The molecule has 0 radical (unpaired) electrons. The van der Waals surface area contributed by atoms with Crippen LogP contribution < -0.4 is 21.7 Å². The Labute approximate surface area is 139 Å². The number of carbonyl (C=O) groups is 3. The van der Waals surface area contributed by atoms with Crippen molar-refractivity contribution >= 4 is 29.2 Å². The standard InChI is InChI=1S/C17H18N4O3/c1-11(22)19-13-7-9-14(10-8-13)20-15(16(23)21-17(18)24)12-5-3-2-4-6-12/h2-10,15,20H,1H3,(H,19,22)(H3,18,21,23,24)/t15-/m0/s1. The Balaban J connectivity index is 2.20. The lowest BCUT2D eigenvalue weighted by atomic mass is 10.1. The maximum absolute atomic E-state index is 12.2. The molecule has 0 aromatic heterocycles. The van der Waals surface area contributed by atoms with Gasteiger partial charge in [-0.05, 0) is 29.8 Å². The number of benzene rings is 2. The number of anilines is 2. The minimum atomic E-state index is -0.913. The highest BCUT2D eigenvalue weighted by Gasteiger charge is 2.21. The molecule has 2 rings (SSSR count). The van der Waals surface area contributed by atoms with Gasteiger partial charge in [0.05, 0.1) is 0 Å². The number of nitrogens with two attached hydrogens (primary N) is 1. The highest BCUT2D eigenvalue weighted by atomic mass is 16.2. The normalized spacial score (nSPS) is 11.2. The highest BCUT2D eigenvalue weighted by Crippen LogP contribution is 2.21. The molecule has 7 heteroatoms. The lowest BCUT2D eigenvalue weighted by Gasteiger charge is -2.19. The zero-order chi connectivity index (χ0) is 17.5. The largest absolute Gasteiger partial charge is 0.370 e. The van der Waals surface area contributed by atoms with Crippen molar-refractivity contribution in [3.63, 3.8) is 0 Å². The Morgan fingerprint density at radius 3 is 2.04 bits per heavy atom. The second-order valence-electron chi connectivity index (χ2n) is 5.10. The first-order valence-electron chi connectivity index (χ1n) is 7.25. The Bertz CT molecular complexity index is 729. The van der Waals surface area contributed by atoms with E-state index in [4.69, 9.17) is 5.73 Å². The Morgan fingerprint density at radius 1 is 0.917 bits per heavy atom. The van der Waals surface area contributed by atoms with Gasteiger partial charge in [-0.3, -0.25) is 14.9 Å². The monoisotopic (exact) mass is 326 g/mol. The zero-order valence-corrected chi connectivity index (χ0v) is 13.1. The minimum Gasteiger partial charge on any atom is -0.370 e. The Hall–Kier alpha value is -3.35. The fourth-order valence-corrected chi connectivity index (χ4v) is 2.16. The number of amides is 4. The van der Waals surface area contributed by atoms with Gasteiger partial charge in [0.2, 0.25) is 5.91 Å². The van der Waals surface area contributed by atoms with Crippen molar-refractivity contribution < 1.29 is 14.4 Å². The molecule has 2 aromatic rings. The van der Waals surface area contributed by atoms with E-state index in [1.165, 1.54) is 6.92 Å². The van der Waals surface area contributed by atoms with E-state index >= 15 is 0 Å². The summed E-state index contributed by atoms with van der Waals surface area (Å²) in [6.07, 6.45) is 0. The van der Waals surface area contributed by atoms with Crippen LogP contribution in [-0.4, -0.2) is 17.8 Å². The van der Waals surface area contributed by atoms with Crippen molar-refractivity contribution in [1.29, 1.82) is 0 Å². The van der Waals surface area contributed by atoms with Crippen LogP contribution in [0.4, 0.5) is 16.2 Å². The second-order valence-corrected chi connectivity index (χ2v) is 5.10. The average Bonchev–Trinajstić information content (AvgIpc) is 2.53. The number of rotatable bonds is 5. The van der Waals surface area contributed by atoms with Crippen LogP contribution in [0.15, 0.2) is 54.6 Å². The molecule has 0 spiro atoms. The van der Waals surface area contributed by atoms with Gasteiger partial charge >= 0.3 is 6.03 Å². The topological polar surface area (TPSA) is 113 Å². The summed E-state index contributed by atoms with van der Waals surface area (Å²) in [5.74, 6) is -0.724. The van der Waals surface area contributed by atoms with E-state index in [2.05, 4.69) is 16.0 Å². The molecule has 7 nitrogen and oxygen atoms in total. The molecule has 0 saturated heterocycles. The number of imide groups is 1. The number of primary amides is 1. The molecule has 0 heterocycles. The number of carbonyl (C=O) groups excluding carboxylic acids is 3. The first-order chi connectivity index (χ1) is 11.5. The summed E-state index contributed by atoms with van der Waals surface area (Å²) in [5, 5.41) is 7.79. The number of urea groups is 1. The van der Waals surface area contributed by atoms with Gasteiger partial charge in [0.25, 0.3) is 5.91 Å². The minimum absolute atomic E-state index is 0.168. The average molecular weight is 326 g/mol. The van der Waals surface area contributed by atoms with Gasteiger partial charge < -0.3 is 16.4 Å². The molecule has 0 fully saturated rings. The van der Waals surface area contributed by atoms with Crippen LogP contribution in [-0.2, 0) is 9.59 Å². The van der Waals surface area contributed by atoms with Gasteiger partial charge in [0, 0.05) is 18.3 Å². The molecule has 4 amide bonds. The van der Waals surface area contributed by atoms with Crippen LogP contribution in [0, 0.1) is 0 Å². The van der Waals surface area contributed by atoms with Gasteiger partial charge in [0.1, 0.15) is 6.04 Å². The summed E-state index contributed by atoms with van der Waals surface area (Å²) in [4.78, 5) is 34.2. The van der Waals surface area contributed by atoms with Crippen molar-refractivity contribution in [2.45, 2.75) is 13.0 Å². The van der Waals surface area contributed by atoms with Crippen molar-refractivity contribution in [3.05, 3.63) is 60.2 Å². The molecule has 24 heavy (non-hydrogen) atoms. The van der Waals surface area contributed by atoms with Gasteiger partial charge in [-0.2, -0.15) is 0 Å². The molecule has 124 valence electrons. The molecule has 0 saturated carbocycles. The molecule has 1 atom stereocenters. The molecule has 0 bridgehead atoms. The number of nitrogens with one attached hydrogen (secondary N) is 3. The first kappa shape index (κ1) is 17.0. The summed E-state index contributed by atoms with van der Waals surface area (Å²) in [6.45, 7) is 1.42. The summed E-state index contributed by atoms with van der Waals surface area (Å²) in [6, 6.07) is 14.1.